The van der Waals surface area contributed by atoms with Crippen LogP contribution in [0.2, 0.25) is 5.02 Å². The molecule has 1 atom stereocenters. The van der Waals surface area contributed by atoms with Gasteiger partial charge in [0.05, 0.1) is 22.2 Å². The van der Waals surface area contributed by atoms with E-state index in [1.165, 1.54) is 11.0 Å². The summed E-state index contributed by atoms with van der Waals surface area (Å²) in [6.45, 7) is 3.43. The van der Waals surface area contributed by atoms with Gasteiger partial charge in [0.2, 0.25) is 0 Å². The van der Waals surface area contributed by atoms with E-state index >= 15 is 0 Å². The van der Waals surface area contributed by atoms with Crippen LogP contribution in [0.5, 0.6) is 0 Å². The Bertz CT molecular complexity index is 702. The molecule has 0 radical (unpaired) electrons. The molecule has 0 saturated heterocycles. The molecule has 0 spiro atoms. The van der Waals surface area contributed by atoms with Gasteiger partial charge in [0, 0.05) is 11.8 Å². The van der Waals surface area contributed by atoms with Crippen LogP contribution in [0.15, 0.2) is 24.5 Å². The second-order valence-electron chi connectivity index (χ2n) is 4.66. The van der Waals surface area contributed by atoms with Crippen LogP contribution in [-0.4, -0.2) is 46.2 Å². The molecule has 0 saturated carbocycles. The molecule has 0 bridgehead atoms. The number of hydrogen-bond donors (Lipinski definition) is 1. The first-order valence-corrected chi connectivity index (χ1v) is 8.61. The topological polar surface area (TPSA) is 89.8 Å². The number of halogens is 1. The molecular formula is C12H16ClN5O2S. The highest BCUT2D eigenvalue weighted by atomic mass is 35.5. The lowest BCUT2D eigenvalue weighted by atomic mass is 10.2. The van der Waals surface area contributed by atoms with Gasteiger partial charge in [-0.3, -0.25) is 0 Å². The van der Waals surface area contributed by atoms with Gasteiger partial charge < -0.3 is 5.32 Å². The molecule has 0 aliphatic heterocycles. The summed E-state index contributed by atoms with van der Waals surface area (Å²) in [7, 11) is -3.05. The summed E-state index contributed by atoms with van der Waals surface area (Å²) in [6.07, 6.45) is 1.47. The van der Waals surface area contributed by atoms with Crippen molar-refractivity contribution in [1.29, 1.82) is 0 Å². The number of benzene rings is 1. The molecule has 7 nitrogen and oxygen atoms in total. The minimum atomic E-state index is -3.05. The van der Waals surface area contributed by atoms with Crippen molar-refractivity contribution in [1.82, 2.24) is 20.2 Å². The molecule has 0 aliphatic carbocycles. The number of anilines is 1. The zero-order valence-electron chi connectivity index (χ0n) is 11.7. The van der Waals surface area contributed by atoms with Crippen molar-refractivity contribution >= 4 is 27.1 Å². The molecule has 114 valence electrons. The Hall–Kier alpha value is -1.67. The van der Waals surface area contributed by atoms with Crippen molar-refractivity contribution in [2.45, 2.75) is 19.9 Å². The summed E-state index contributed by atoms with van der Waals surface area (Å²) in [5.41, 5.74) is 1.38. The molecule has 0 aliphatic rings. The highest BCUT2D eigenvalue weighted by molar-refractivity contribution is 7.91. The minimum Gasteiger partial charge on any atom is -0.380 e. The van der Waals surface area contributed by atoms with Gasteiger partial charge in [0.1, 0.15) is 6.33 Å². The Kier molecular flexibility index (Phi) is 4.79. The summed E-state index contributed by atoms with van der Waals surface area (Å²) in [4.78, 5) is 0. The number of sulfone groups is 1. The number of tetrazole rings is 1. The maximum Gasteiger partial charge on any atom is 0.152 e. The van der Waals surface area contributed by atoms with Crippen LogP contribution in [0, 0.1) is 0 Å². The van der Waals surface area contributed by atoms with Crippen LogP contribution in [0.25, 0.3) is 5.69 Å². The van der Waals surface area contributed by atoms with Gasteiger partial charge in [-0.15, -0.1) is 5.10 Å². The van der Waals surface area contributed by atoms with Crippen LogP contribution in [-0.2, 0) is 9.84 Å². The van der Waals surface area contributed by atoms with E-state index in [1.807, 2.05) is 0 Å². The average Bonchev–Trinajstić information content (AvgIpc) is 2.94. The van der Waals surface area contributed by atoms with Gasteiger partial charge in [0.15, 0.2) is 9.84 Å². The Morgan fingerprint density at radius 1 is 1.43 bits per heavy atom. The third-order valence-electron chi connectivity index (χ3n) is 2.91. The van der Waals surface area contributed by atoms with Gasteiger partial charge in [-0.05, 0) is 35.5 Å². The molecule has 2 aromatic rings. The molecule has 1 aromatic carbocycles. The Morgan fingerprint density at radius 2 is 2.19 bits per heavy atom. The van der Waals surface area contributed by atoms with E-state index in [1.54, 1.807) is 32.0 Å². The predicted octanol–water partition coefficient (Wildman–Crippen LogP) is 1.55. The van der Waals surface area contributed by atoms with Crippen molar-refractivity contribution in [2.75, 3.05) is 16.8 Å². The van der Waals surface area contributed by atoms with Crippen molar-refractivity contribution in [3.05, 3.63) is 29.5 Å². The van der Waals surface area contributed by atoms with E-state index in [4.69, 9.17) is 11.6 Å². The van der Waals surface area contributed by atoms with Crippen LogP contribution in [0.4, 0.5) is 5.69 Å². The van der Waals surface area contributed by atoms with Crippen molar-refractivity contribution in [3.63, 3.8) is 0 Å². The summed E-state index contributed by atoms with van der Waals surface area (Å²) < 4.78 is 24.8. The quantitative estimate of drug-likeness (QED) is 0.864. The fourth-order valence-corrected chi connectivity index (χ4v) is 3.10. The van der Waals surface area contributed by atoms with Crippen LogP contribution in [0.3, 0.4) is 0 Å². The first kappa shape index (κ1) is 15.7. The highest BCUT2D eigenvalue weighted by Crippen LogP contribution is 2.25. The lowest BCUT2D eigenvalue weighted by molar-refractivity contribution is 0.593. The summed E-state index contributed by atoms with van der Waals surface area (Å²) in [6, 6.07) is 5.00. The van der Waals surface area contributed by atoms with E-state index in [2.05, 4.69) is 20.8 Å². The summed E-state index contributed by atoms with van der Waals surface area (Å²) >= 11 is 6.13. The number of nitrogens with one attached hydrogen (secondary N) is 1. The van der Waals surface area contributed by atoms with Crippen LogP contribution >= 0.6 is 11.6 Å². The second kappa shape index (κ2) is 6.40. The van der Waals surface area contributed by atoms with E-state index in [9.17, 15) is 8.42 Å². The molecular weight excluding hydrogens is 314 g/mol. The monoisotopic (exact) mass is 329 g/mol. The smallest absolute Gasteiger partial charge is 0.152 e. The molecule has 21 heavy (non-hydrogen) atoms. The SMILES string of the molecule is CCS(=O)(=O)CC(C)Nc1cc(-n2cnnn2)ccc1Cl. The van der Waals surface area contributed by atoms with Crippen LogP contribution in [0.1, 0.15) is 13.8 Å². The number of aromatic nitrogens is 4. The first-order valence-electron chi connectivity index (χ1n) is 6.41. The summed E-state index contributed by atoms with van der Waals surface area (Å²) in [5.74, 6) is 0.173. The zero-order valence-corrected chi connectivity index (χ0v) is 13.3. The van der Waals surface area contributed by atoms with E-state index in [0.29, 0.717) is 10.7 Å². The first-order chi connectivity index (χ1) is 9.91. The molecule has 2 rings (SSSR count). The predicted molar refractivity (Wildman–Crippen MR) is 81.6 cm³/mol. The Balaban J connectivity index is 2.18. The lowest BCUT2D eigenvalue weighted by Gasteiger charge is -2.16. The molecule has 0 fully saturated rings. The molecule has 9 heteroatoms. The molecule has 1 heterocycles. The van der Waals surface area contributed by atoms with Crippen molar-refractivity contribution < 1.29 is 8.42 Å². The number of rotatable bonds is 6. The van der Waals surface area contributed by atoms with Crippen LogP contribution < -0.4 is 5.32 Å². The fraction of sp³-hybridized carbons (Fsp3) is 0.417. The highest BCUT2D eigenvalue weighted by Gasteiger charge is 2.15. The molecule has 1 N–H and O–H groups in total. The van der Waals surface area contributed by atoms with Gasteiger partial charge in [-0.1, -0.05) is 18.5 Å². The Labute approximate surface area is 128 Å². The van der Waals surface area contributed by atoms with E-state index in [0.717, 1.165) is 5.69 Å². The lowest BCUT2D eigenvalue weighted by Crippen LogP contribution is -2.26. The van der Waals surface area contributed by atoms with Gasteiger partial charge in [-0.2, -0.15) is 0 Å². The Morgan fingerprint density at radius 3 is 2.81 bits per heavy atom. The van der Waals surface area contributed by atoms with Gasteiger partial charge in [-0.25, -0.2) is 13.1 Å². The van der Waals surface area contributed by atoms with Crippen molar-refractivity contribution in [3.8, 4) is 5.69 Å². The van der Waals surface area contributed by atoms with E-state index < -0.39 is 9.84 Å². The molecule has 0 amide bonds. The normalized spacial score (nSPS) is 13.1. The number of hydrogen-bond acceptors (Lipinski definition) is 6. The minimum absolute atomic E-state index is 0.0505. The van der Waals surface area contributed by atoms with Gasteiger partial charge >= 0.3 is 0 Å². The average molecular weight is 330 g/mol. The maximum absolute atomic E-state index is 11.6. The summed E-state index contributed by atoms with van der Waals surface area (Å²) in [5, 5.41) is 14.6. The number of nitrogens with zero attached hydrogens (tertiary/aromatic N) is 4. The third kappa shape index (κ3) is 4.15. The molecule has 1 unspecified atom stereocenters. The second-order valence-corrected chi connectivity index (χ2v) is 7.47. The third-order valence-corrected chi connectivity index (χ3v) is 5.13. The zero-order chi connectivity index (χ0) is 15.5. The standard InChI is InChI=1S/C12H16ClN5O2S/c1-3-21(19,20)7-9(2)15-12-6-10(4-5-11(12)13)18-8-14-16-17-18/h4-6,8-9,15H,3,7H2,1-2H3. The van der Waals surface area contributed by atoms with Crippen molar-refractivity contribution in [2.24, 2.45) is 0 Å². The maximum atomic E-state index is 11.6. The largest absolute Gasteiger partial charge is 0.380 e. The molecule has 1 aromatic heterocycles. The van der Waals surface area contributed by atoms with E-state index in [-0.39, 0.29) is 17.5 Å². The fourth-order valence-electron chi connectivity index (χ4n) is 1.85. The van der Waals surface area contributed by atoms with Gasteiger partial charge in [0.25, 0.3) is 0 Å².